The molecule has 0 radical (unpaired) electrons. The Labute approximate surface area is 123 Å². The number of aliphatic hydroxyl groups is 3. The molecule has 1 aromatic heterocycles. The van der Waals surface area contributed by atoms with Crippen molar-refractivity contribution in [3.8, 4) is 0 Å². The average molecular weight is 316 g/mol. The standard InChI is InChI=1S/C12H16N2O8/c1-13-10(20)5(2-7(16)17)3-14(12(13)21)11-9(19)8(18)6(4-15)22-11/h3,6,8-9,11,15,18-19H,2,4H2,1H3,(H,16,17)/t6-,8-,9-,11-/m1/s1. The van der Waals surface area contributed by atoms with Crippen molar-refractivity contribution in [2.45, 2.75) is 31.0 Å². The summed E-state index contributed by atoms with van der Waals surface area (Å²) in [6.07, 6.45) is -4.97. The number of carboxylic acids is 1. The van der Waals surface area contributed by atoms with Gasteiger partial charge in [-0.05, 0) is 0 Å². The zero-order valence-electron chi connectivity index (χ0n) is 11.6. The first kappa shape index (κ1) is 16.4. The van der Waals surface area contributed by atoms with E-state index in [1.54, 1.807) is 0 Å². The van der Waals surface area contributed by atoms with Gasteiger partial charge in [-0.1, -0.05) is 0 Å². The van der Waals surface area contributed by atoms with E-state index in [-0.39, 0.29) is 5.56 Å². The summed E-state index contributed by atoms with van der Waals surface area (Å²) in [5, 5.41) is 37.5. The molecule has 0 bridgehead atoms. The highest BCUT2D eigenvalue weighted by molar-refractivity contribution is 5.69. The fourth-order valence-corrected chi connectivity index (χ4v) is 2.33. The summed E-state index contributed by atoms with van der Waals surface area (Å²) in [5.74, 6) is -1.26. The minimum atomic E-state index is -1.51. The van der Waals surface area contributed by atoms with Crippen LogP contribution in [-0.2, 0) is 23.0 Å². The molecule has 10 heteroatoms. The van der Waals surface area contributed by atoms with Crippen molar-refractivity contribution in [1.82, 2.24) is 9.13 Å². The Hall–Kier alpha value is -2.01. The van der Waals surface area contributed by atoms with E-state index in [0.717, 1.165) is 17.8 Å². The highest BCUT2D eigenvalue weighted by Gasteiger charge is 2.44. The second-order valence-corrected chi connectivity index (χ2v) is 5.01. The quantitative estimate of drug-likeness (QED) is 0.453. The van der Waals surface area contributed by atoms with Crippen molar-refractivity contribution in [2.75, 3.05) is 6.61 Å². The molecule has 4 N–H and O–H groups in total. The molecule has 10 nitrogen and oxygen atoms in total. The summed E-state index contributed by atoms with van der Waals surface area (Å²) in [5.41, 5.74) is -1.78. The van der Waals surface area contributed by atoms with Gasteiger partial charge in [-0.3, -0.25) is 18.7 Å². The Bertz CT molecular complexity index is 693. The van der Waals surface area contributed by atoms with Crippen molar-refractivity contribution < 1.29 is 30.0 Å². The smallest absolute Gasteiger partial charge is 0.332 e. The number of rotatable bonds is 4. The average Bonchev–Trinajstić information content (AvgIpc) is 2.75. The minimum absolute atomic E-state index is 0.174. The van der Waals surface area contributed by atoms with E-state index in [0.29, 0.717) is 4.57 Å². The molecule has 0 amide bonds. The fourth-order valence-electron chi connectivity index (χ4n) is 2.33. The highest BCUT2D eigenvalue weighted by atomic mass is 16.6. The van der Waals surface area contributed by atoms with Gasteiger partial charge < -0.3 is 25.2 Å². The van der Waals surface area contributed by atoms with E-state index in [2.05, 4.69) is 0 Å². The number of carbonyl (C=O) groups is 1. The second kappa shape index (κ2) is 6.01. The molecular formula is C12H16N2O8. The largest absolute Gasteiger partial charge is 0.481 e. The van der Waals surface area contributed by atoms with Gasteiger partial charge in [0.1, 0.15) is 18.3 Å². The molecule has 4 atom stereocenters. The van der Waals surface area contributed by atoms with E-state index in [9.17, 15) is 24.6 Å². The molecule has 1 aliphatic heterocycles. The van der Waals surface area contributed by atoms with E-state index in [4.69, 9.17) is 14.9 Å². The van der Waals surface area contributed by atoms with E-state index < -0.39 is 54.8 Å². The summed E-state index contributed by atoms with van der Waals surface area (Å²) < 4.78 is 6.73. The molecular weight excluding hydrogens is 300 g/mol. The molecule has 1 aliphatic rings. The number of aliphatic hydroxyl groups excluding tert-OH is 3. The van der Waals surface area contributed by atoms with E-state index >= 15 is 0 Å². The van der Waals surface area contributed by atoms with Crippen LogP contribution in [0.1, 0.15) is 11.8 Å². The molecule has 1 fully saturated rings. The van der Waals surface area contributed by atoms with Gasteiger partial charge in [-0.25, -0.2) is 4.79 Å². The van der Waals surface area contributed by atoms with E-state index in [1.807, 2.05) is 0 Å². The molecule has 2 heterocycles. The van der Waals surface area contributed by atoms with Crippen molar-refractivity contribution in [3.63, 3.8) is 0 Å². The van der Waals surface area contributed by atoms with Gasteiger partial charge in [0.25, 0.3) is 5.56 Å². The maximum absolute atomic E-state index is 12.1. The molecule has 0 unspecified atom stereocenters. The van der Waals surface area contributed by atoms with Crippen LogP contribution < -0.4 is 11.2 Å². The van der Waals surface area contributed by atoms with Gasteiger partial charge in [-0.15, -0.1) is 0 Å². The van der Waals surface area contributed by atoms with Crippen LogP contribution in [0, 0.1) is 0 Å². The second-order valence-electron chi connectivity index (χ2n) is 5.01. The summed E-state index contributed by atoms with van der Waals surface area (Å²) in [6.45, 7) is -0.572. The first-order valence-corrected chi connectivity index (χ1v) is 6.43. The number of hydrogen-bond donors (Lipinski definition) is 4. The molecule has 1 aromatic rings. The topological polar surface area (TPSA) is 151 Å². The maximum atomic E-state index is 12.1. The van der Waals surface area contributed by atoms with Crippen molar-refractivity contribution in [2.24, 2.45) is 7.05 Å². The van der Waals surface area contributed by atoms with Gasteiger partial charge in [0.05, 0.1) is 13.0 Å². The Morgan fingerprint density at radius 2 is 1.95 bits per heavy atom. The third kappa shape index (κ3) is 2.68. The lowest BCUT2D eigenvalue weighted by molar-refractivity contribution is -0.136. The molecule has 2 rings (SSSR count). The maximum Gasteiger partial charge on any atom is 0.332 e. The van der Waals surface area contributed by atoms with Gasteiger partial charge in [-0.2, -0.15) is 0 Å². The van der Waals surface area contributed by atoms with E-state index in [1.165, 1.54) is 0 Å². The van der Waals surface area contributed by atoms with Crippen LogP contribution in [0.3, 0.4) is 0 Å². The van der Waals surface area contributed by atoms with Gasteiger partial charge >= 0.3 is 11.7 Å². The first-order chi connectivity index (χ1) is 10.3. The van der Waals surface area contributed by atoms with Crippen molar-refractivity contribution >= 4 is 5.97 Å². The lowest BCUT2D eigenvalue weighted by Crippen LogP contribution is -2.43. The number of carboxylic acid groups (broad SMARTS) is 1. The molecule has 0 aromatic carbocycles. The highest BCUT2D eigenvalue weighted by Crippen LogP contribution is 2.28. The number of aromatic nitrogens is 2. The van der Waals surface area contributed by atoms with Gasteiger partial charge in [0.15, 0.2) is 6.23 Å². The molecule has 22 heavy (non-hydrogen) atoms. The molecule has 122 valence electrons. The predicted octanol–water partition coefficient (Wildman–Crippen LogP) is -3.21. The Kier molecular flexibility index (Phi) is 4.47. The number of aliphatic carboxylic acids is 1. The Morgan fingerprint density at radius 1 is 1.32 bits per heavy atom. The van der Waals surface area contributed by atoms with Crippen LogP contribution in [0.5, 0.6) is 0 Å². The SMILES string of the molecule is Cn1c(=O)c(CC(=O)O)cn([C@@H]2O[C@H](CO)[C@@H](O)[C@H]2O)c1=O. The lowest BCUT2D eigenvalue weighted by atomic mass is 10.1. The zero-order valence-corrected chi connectivity index (χ0v) is 11.6. The molecule has 1 saturated heterocycles. The first-order valence-electron chi connectivity index (χ1n) is 6.43. The Morgan fingerprint density at radius 3 is 2.45 bits per heavy atom. The summed E-state index contributed by atoms with van der Waals surface area (Å²) in [4.78, 5) is 34.7. The summed E-state index contributed by atoms with van der Waals surface area (Å²) in [6, 6.07) is 0. The fraction of sp³-hybridized carbons (Fsp3) is 0.583. The number of nitrogens with zero attached hydrogens (tertiary/aromatic N) is 2. The third-order valence-electron chi connectivity index (χ3n) is 3.52. The van der Waals surface area contributed by atoms with Crippen molar-refractivity contribution in [1.29, 1.82) is 0 Å². The zero-order chi connectivity index (χ0) is 16.6. The lowest BCUT2D eigenvalue weighted by Gasteiger charge is -2.19. The summed E-state index contributed by atoms with van der Waals surface area (Å²) in [7, 11) is 1.16. The minimum Gasteiger partial charge on any atom is -0.481 e. The van der Waals surface area contributed by atoms with Crippen LogP contribution in [0.4, 0.5) is 0 Å². The van der Waals surface area contributed by atoms with Crippen LogP contribution >= 0.6 is 0 Å². The van der Waals surface area contributed by atoms with Crippen LogP contribution in [0.15, 0.2) is 15.8 Å². The van der Waals surface area contributed by atoms with Gasteiger partial charge in [0, 0.05) is 18.8 Å². The summed E-state index contributed by atoms with van der Waals surface area (Å²) >= 11 is 0. The number of hydrogen-bond acceptors (Lipinski definition) is 7. The Balaban J connectivity index is 2.52. The molecule has 0 saturated carbocycles. The van der Waals surface area contributed by atoms with Crippen LogP contribution in [0.25, 0.3) is 0 Å². The van der Waals surface area contributed by atoms with Crippen LogP contribution in [-0.4, -0.2) is 60.4 Å². The molecule has 0 spiro atoms. The van der Waals surface area contributed by atoms with Gasteiger partial charge in [0.2, 0.25) is 0 Å². The normalized spacial score (nSPS) is 28.0. The van der Waals surface area contributed by atoms with Crippen molar-refractivity contribution in [3.05, 3.63) is 32.6 Å². The number of ether oxygens (including phenoxy) is 1. The van der Waals surface area contributed by atoms with Crippen LogP contribution in [0.2, 0.25) is 0 Å². The molecule has 0 aliphatic carbocycles. The third-order valence-corrected chi connectivity index (χ3v) is 3.52. The monoisotopic (exact) mass is 316 g/mol. The predicted molar refractivity (Wildman–Crippen MR) is 70.3 cm³/mol.